The number of carboxylic acids is 1. The van der Waals surface area contributed by atoms with E-state index in [-0.39, 0.29) is 12.2 Å². The minimum atomic E-state index is -5.08. The second-order valence-electron chi connectivity index (χ2n) is 7.77. The van der Waals surface area contributed by atoms with Crippen molar-refractivity contribution in [2.75, 3.05) is 5.32 Å². The van der Waals surface area contributed by atoms with Gasteiger partial charge < -0.3 is 15.0 Å². The number of benzene rings is 2. The number of hydrogen-bond acceptors (Lipinski definition) is 8. The lowest BCUT2D eigenvalue weighted by Gasteiger charge is -2.05. The van der Waals surface area contributed by atoms with Gasteiger partial charge in [-0.3, -0.25) is 9.89 Å². The van der Waals surface area contributed by atoms with E-state index in [1.807, 2.05) is 36.4 Å². The van der Waals surface area contributed by atoms with Crippen molar-refractivity contribution in [1.82, 2.24) is 29.1 Å². The van der Waals surface area contributed by atoms with Gasteiger partial charge in [0.2, 0.25) is 10.9 Å². The Morgan fingerprint density at radius 2 is 2.00 bits per heavy atom. The molecule has 10 nitrogen and oxygen atoms in total. The van der Waals surface area contributed by atoms with Crippen LogP contribution in [0.4, 0.5) is 24.0 Å². The first-order chi connectivity index (χ1) is 18.0. The van der Waals surface area contributed by atoms with Gasteiger partial charge in [0.15, 0.2) is 11.6 Å². The number of aromatic nitrogens is 6. The Kier molecular flexibility index (Phi) is 7.73. The highest BCUT2D eigenvalue weighted by molar-refractivity contribution is 7.10. The predicted octanol–water partition coefficient (Wildman–Crippen LogP) is 5.27. The van der Waals surface area contributed by atoms with E-state index in [0.29, 0.717) is 21.8 Å². The molecule has 3 N–H and O–H groups in total. The van der Waals surface area contributed by atoms with Gasteiger partial charge in [0.05, 0.1) is 22.4 Å². The van der Waals surface area contributed by atoms with Crippen LogP contribution in [0, 0.1) is 0 Å². The lowest BCUT2D eigenvalue weighted by Crippen LogP contribution is -2.21. The average Bonchev–Trinajstić information content (AvgIpc) is 3.62. The second kappa shape index (κ2) is 11.0. The highest BCUT2D eigenvalue weighted by atomic mass is 35.5. The van der Waals surface area contributed by atoms with Crippen LogP contribution >= 0.6 is 23.1 Å². The molecule has 0 unspecified atom stereocenters. The summed E-state index contributed by atoms with van der Waals surface area (Å²) in [5.41, 5.74) is 3.31. The van der Waals surface area contributed by atoms with Crippen LogP contribution in [0.1, 0.15) is 16.2 Å². The van der Waals surface area contributed by atoms with Gasteiger partial charge in [-0.2, -0.15) is 27.6 Å². The molecule has 0 spiro atoms. The number of ketones is 1. The number of aliphatic carboxylic acids is 1. The normalized spacial score (nSPS) is 11.2. The number of imidazole rings is 1. The van der Waals surface area contributed by atoms with Gasteiger partial charge in [-0.05, 0) is 23.8 Å². The van der Waals surface area contributed by atoms with Gasteiger partial charge in [-0.25, -0.2) is 9.78 Å². The van der Waals surface area contributed by atoms with Crippen molar-refractivity contribution in [3.63, 3.8) is 0 Å². The first-order valence-electron chi connectivity index (χ1n) is 10.6. The van der Waals surface area contributed by atoms with Crippen LogP contribution in [0.15, 0.2) is 55.0 Å². The fourth-order valence-corrected chi connectivity index (χ4v) is 4.17. The van der Waals surface area contributed by atoms with Crippen LogP contribution in [0.3, 0.4) is 0 Å². The molecule has 0 bridgehead atoms. The molecule has 0 amide bonds. The Balaban J connectivity index is 0.000000426. The van der Waals surface area contributed by atoms with Crippen molar-refractivity contribution >= 4 is 56.6 Å². The summed E-state index contributed by atoms with van der Waals surface area (Å²) in [5, 5.41) is 19.3. The molecule has 5 rings (SSSR count). The summed E-state index contributed by atoms with van der Waals surface area (Å²) in [6.45, 7) is 0. The lowest BCUT2D eigenvalue weighted by atomic mass is 10.1. The molecule has 0 aliphatic rings. The molecule has 0 aliphatic heterocycles. The predicted molar refractivity (Wildman–Crippen MR) is 135 cm³/mol. The minimum absolute atomic E-state index is 0.0393. The zero-order chi connectivity index (χ0) is 27.4. The van der Waals surface area contributed by atoms with E-state index in [4.69, 9.17) is 21.5 Å². The fraction of sp³-hybridized carbons (Fsp3) is 0.130. The fourth-order valence-electron chi connectivity index (χ4n) is 3.31. The van der Waals surface area contributed by atoms with Crippen molar-refractivity contribution in [1.29, 1.82) is 0 Å². The number of anilines is 2. The molecule has 3 aromatic heterocycles. The molecule has 0 radical (unpaired) electrons. The third-order valence-corrected chi connectivity index (χ3v) is 6.13. The van der Waals surface area contributed by atoms with Gasteiger partial charge >= 0.3 is 12.1 Å². The molecule has 3 heterocycles. The maximum absolute atomic E-state index is 12.5. The van der Waals surface area contributed by atoms with E-state index >= 15 is 0 Å². The number of halogens is 4. The molecule has 38 heavy (non-hydrogen) atoms. The number of H-pyrrole nitrogens is 1. The number of carboxylic acid groups (broad SMARTS) is 1. The van der Waals surface area contributed by atoms with E-state index < -0.39 is 12.1 Å². The third kappa shape index (κ3) is 6.15. The molecular formula is C23H17ClF3N7O3S. The van der Waals surface area contributed by atoms with E-state index in [2.05, 4.69) is 29.9 Å². The molecule has 5 aromatic rings. The molecule has 0 saturated heterocycles. The number of alkyl halides is 3. The van der Waals surface area contributed by atoms with Crippen LogP contribution in [0.2, 0.25) is 5.02 Å². The van der Waals surface area contributed by atoms with Crippen molar-refractivity contribution in [2.24, 2.45) is 7.05 Å². The summed E-state index contributed by atoms with van der Waals surface area (Å²) < 4.78 is 37.9. The molecule has 0 saturated carbocycles. The van der Waals surface area contributed by atoms with Crippen molar-refractivity contribution in [3.05, 3.63) is 71.4 Å². The van der Waals surface area contributed by atoms with Crippen LogP contribution in [-0.4, -0.2) is 52.1 Å². The van der Waals surface area contributed by atoms with E-state index in [1.165, 1.54) is 11.5 Å². The number of nitrogens with zero attached hydrogens (tertiary/aromatic N) is 5. The van der Waals surface area contributed by atoms with Gasteiger partial charge in [-0.1, -0.05) is 29.8 Å². The number of nitrogens with one attached hydrogen (secondary N) is 2. The zero-order valence-corrected chi connectivity index (χ0v) is 20.9. The highest BCUT2D eigenvalue weighted by Crippen LogP contribution is 2.33. The first kappa shape index (κ1) is 26.8. The Labute approximate surface area is 221 Å². The van der Waals surface area contributed by atoms with Crippen molar-refractivity contribution in [3.8, 4) is 11.4 Å². The number of aromatic amines is 1. The highest BCUT2D eigenvalue weighted by Gasteiger charge is 2.38. The molecule has 0 fully saturated rings. The zero-order valence-electron chi connectivity index (χ0n) is 19.3. The molecular weight excluding hydrogens is 547 g/mol. The number of carbonyl (C=O) groups excluding carboxylic acids is 1. The number of fused-ring (bicyclic) bond motifs is 1. The molecule has 0 aliphatic carbocycles. The molecule has 2 aromatic carbocycles. The first-order valence-corrected chi connectivity index (χ1v) is 11.8. The van der Waals surface area contributed by atoms with Crippen LogP contribution < -0.4 is 5.32 Å². The average molecular weight is 564 g/mol. The Morgan fingerprint density at radius 1 is 1.24 bits per heavy atom. The molecule has 0 atom stereocenters. The number of aryl methyl sites for hydroxylation is 1. The summed E-state index contributed by atoms with van der Waals surface area (Å²) in [6, 6.07) is 11.4. The number of rotatable bonds is 6. The Morgan fingerprint density at radius 3 is 2.68 bits per heavy atom. The van der Waals surface area contributed by atoms with Gasteiger partial charge in [0.1, 0.15) is 0 Å². The van der Waals surface area contributed by atoms with E-state index in [9.17, 15) is 18.0 Å². The topological polar surface area (TPSA) is 139 Å². The second-order valence-corrected chi connectivity index (χ2v) is 8.90. The van der Waals surface area contributed by atoms with Crippen molar-refractivity contribution < 1.29 is 27.9 Å². The monoisotopic (exact) mass is 563 g/mol. The molecule has 196 valence electrons. The van der Waals surface area contributed by atoms with E-state index in [1.54, 1.807) is 30.2 Å². The molecule has 15 heteroatoms. The minimum Gasteiger partial charge on any atom is -0.475 e. The van der Waals surface area contributed by atoms with E-state index in [0.717, 1.165) is 27.7 Å². The summed E-state index contributed by atoms with van der Waals surface area (Å²) in [6.07, 6.45) is 0.238. The maximum Gasteiger partial charge on any atom is 0.490 e. The maximum atomic E-state index is 12.5. The standard InChI is InChI=1S/C21H16ClN7OS.C2HF3O2/c1-29-8-7-23-20(29)17(30)10-12-3-2-4-13(9-12)19-26-21(31-28-19)25-16-6-5-15-14(18(16)22)11-24-27-15;3-2(4,5)1(6)7/h2-9,11H,10H2,1H3,(H,24,27)(H,25,26,28);(H,6,7). The number of Topliss-reactive ketones (excluding diaryl/α,β-unsaturated/α-hetero) is 1. The summed E-state index contributed by atoms with van der Waals surface area (Å²) in [5.74, 6) is -1.77. The summed E-state index contributed by atoms with van der Waals surface area (Å²) in [7, 11) is 1.81. The quantitative estimate of drug-likeness (QED) is 0.237. The third-order valence-electron chi connectivity index (χ3n) is 5.09. The summed E-state index contributed by atoms with van der Waals surface area (Å²) in [4.78, 5) is 30.1. The number of hydrogen-bond donors (Lipinski definition) is 3. The van der Waals surface area contributed by atoms with Gasteiger partial charge in [0, 0.05) is 48.3 Å². The largest absolute Gasteiger partial charge is 0.490 e. The number of carbonyl (C=O) groups is 2. The Bertz CT molecular complexity index is 1610. The smallest absolute Gasteiger partial charge is 0.475 e. The SMILES string of the molecule is Cn1ccnc1C(=O)Cc1cccc(-c2nsc(Nc3ccc4[nH]ncc4c3Cl)n2)c1.O=C(O)C(F)(F)F. The van der Waals surface area contributed by atoms with Crippen LogP contribution in [0.5, 0.6) is 0 Å². The van der Waals surface area contributed by atoms with Crippen molar-refractivity contribution in [2.45, 2.75) is 12.6 Å². The Hall–Kier alpha value is -4.30. The lowest BCUT2D eigenvalue weighted by molar-refractivity contribution is -0.192. The summed E-state index contributed by atoms with van der Waals surface area (Å²) >= 11 is 7.71. The van der Waals surface area contributed by atoms with Gasteiger partial charge in [0.25, 0.3) is 0 Å². The van der Waals surface area contributed by atoms with Crippen LogP contribution in [0.25, 0.3) is 22.3 Å². The van der Waals surface area contributed by atoms with Crippen LogP contribution in [-0.2, 0) is 18.3 Å². The van der Waals surface area contributed by atoms with Gasteiger partial charge in [-0.15, -0.1) is 0 Å².